The van der Waals surface area contributed by atoms with Gasteiger partial charge in [0.25, 0.3) is 0 Å². The maximum atomic E-state index is 11.3. The molecule has 0 aliphatic rings. The molecule has 0 saturated carbocycles. The molecule has 0 aromatic carbocycles. The third-order valence-electron chi connectivity index (χ3n) is 2.96. The lowest BCUT2D eigenvalue weighted by molar-refractivity contribution is -0.121. The molecule has 2 N–H and O–H groups in total. The minimum atomic E-state index is 0.220. The zero-order valence-corrected chi connectivity index (χ0v) is 12.6. The fourth-order valence-corrected chi connectivity index (χ4v) is 1.86. The van der Waals surface area contributed by atoms with Gasteiger partial charge in [0, 0.05) is 19.0 Å². The average molecular weight is 256 g/mol. The van der Waals surface area contributed by atoms with Gasteiger partial charge in [-0.3, -0.25) is 4.79 Å². The predicted molar refractivity (Wildman–Crippen MR) is 78.8 cm³/mol. The summed E-state index contributed by atoms with van der Waals surface area (Å²) in [5.74, 6) is 0.220. The van der Waals surface area contributed by atoms with E-state index in [1.54, 1.807) is 0 Å². The first-order valence-electron chi connectivity index (χ1n) is 7.67. The van der Waals surface area contributed by atoms with Gasteiger partial charge in [0.2, 0.25) is 5.91 Å². The summed E-state index contributed by atoms with van der Waals surface area (Å²) < 4.78 is 0. The molecule has 0 aromatic rings. The molecular formula is C15H32N2O. The van der Waals surface area contributed by atoms with Gasteiger partial charge < -0.3 is 10.6 Å². The minimum absolute atomic E-state index is 0.220. The second-order valence-corrected chi connectivity index (χ2v) is 5.33. The topological polar surface area (TPSA) is 41.1 Å². The molecule has 1 amide bonds. The van der Waals surface area contributed by atoms with Crippen LogP contribution in [0.25, 0.3) is 0 Å². The van der Waals surface area contributed by atoms with Gasteiger partial charge >= 0.3 is 0 Å². The van der Waals surface area contributed by atoms with Crippen molar-refractivity contribution < 1.29 is 4.79 Å². The lowest BCUT2D eigenvalue weighted by Crippen LogP contribution is -2.23. The smallest absolute Gasteiger partial charge is 0.219 e. The van der Waals surface area contributed by atoms with Gasteiger partial charge in [-0.1, -0.05) is 46.5 Å². The van der Waals surface area contributed by atoms with Gasteiger partial charge in [-0.15, -0.1) is 0 Å². The Labute approximate surface area is 113 Å². The van der Waals surface area contributed by atoms with Crippen LogP contribution in [0.5, 0.6) is 0 Å². The van der Waals surface area contributed by atoms with Gasteiger partial charge in [0.05, 0.1) is 0 Å². The van der Waals surface area contributed by atoms with Crippen molar-refractivity contribution in [2.75, 3.05) is 13.1 Å². The maximum Gasteiger partial charge on any atom is 0.219 e. The summed E-state index contributed by atoms with van der Waals surface area (Å²) in [5.41, 5.74) is 0. The molecule has 0 aliphatic heterocycles. The molecule has 0 bridgehead atoms. The third-order valence-corrected chi connectivity index (χ3v) is 2.96. The molecule has 18 heavy (non-hydrogen) atoms. The SMILES string of the molecule is CCCNC(=O)CCCCCCCCNC(C)C. The van der Waals surface area contributed by atoms with Crippen LogP contribution in [0.2, 0.25) is 0 Å². The van der Waals surface area contributed by atoms with Crippen LogP contribution >= 0.6 is 0 Å². The number of hydrogen-bond donors (Lipinski definition) is 2. The molecule has 3 heteroatoms. The normalized spacial score (nSPS) is 10.9. The number of rotatable bonds is 12. The average Bonchev–Trinajstić information content (AvgIpc) is 2.34. The van der Waals surface area contributed by atoms with E-state index in [9.17, 15) is 4.79 Å². The predicted octanol–water partition coefficient (Wildman–Crippen LogP) is 3.24. The molecular weight excluding hydrogens is 224 g/mol. The van der Waals surface area contributed by atoms with Gasteiger partial charge in [-0.2, -0.15) is 0 Å². The Morgan fingerprint density at radius 2 is 1.56 bits per heavy atom. The summed E-state index contributed by atoms with van der Waals surface area (Å²) in [6.07, 6.45) is 9.11. The number of unbranched alkanes of at least 4 members (excludes halogenated alkanes) is 5. The second kappa shape index (κ2) is 12.9. The monoisotopic (exact) mass is 256 g/mol. The zero-order valence-electron chi connectivity index (χ0n) is 12.6. The van der Waals surface area contributed by atoms with E-state index in [0.717, 1.165) is 25.9 Å². The first kappa shape index (κ1) is 17.4. The van der Waals surface area contributed by atoms with Crippen LogP contribution in [0.15, 0.2) is 0 Å². The standard InChI is InChI=1S/C15H32N2O/c1-4-12-17-15(18)11-9-7-5-6-8-10-13-16-14(2)3/h14,16H,4-13H2,1-3H3,(H,17,18). The molecule has 0 aromatic heterocycles. The van der Waals surface area contributed by atoms with E-state index in [2.05, 4.69) is 31.4 Å². The Morgan fingerprint density at radius 3 is 2.17 bits per heavy atom. The Balaban J connectivity index is 3.09. The number of amides is 1. The van der Waals surface area contributed by atoms with E-state index in [1.165, 1.54) is 32.1 Å². The number of carbonyl (C=O) groups excluding carboxylic acids is 1. The third kappa shape index (κ3) is 13.5. The molecule has 0 rings (SSSR count). The first-order chi connectivity index (χ1) is 8.66. The van der Waals surface area contributed by atoms with Crippen LogP contribution in [-0.2, 0) is 4.79 Å². The Hall–Kier alpha value is -0.570. The van der Waals surface area contributed by atoms with E-state index in [-0.39, 0.29) is 5.91 Å². The van der Waals surface area contributed by atoms with Crippen molar-refractivity contribution in [2.45, 2.75) is 78.2 Å². The van der Waals surface area contributed by atoms with E-state index < -0.39 is 0 Å². The van der Waals surface area contributed by atoms with Crippen LogP contribution in [0, 0.1) is 0 Å². The van der Waals surface area contributed by atoms with Crippen molar-refractivity contribution >= 4 is 5.91 Å². The molecule has 0 aliphatic carbocycles. The van der Waals surface area contributed by atoms with E-state index in [1.807, 2.05) is 0 Å². The fraction of sp³-hybridized carbons (Fsp3) is 0.933. The van der Waals surface area contributed by atoms with Crippen molar-refractivity contribution in [3.8, 4) is 0 Å². The highest BCUT2D eigenvalue weighted by atomic mass is 16.1. The fourth-order valence-electron chi connectivity index (χ4n) is 1.86. The lowest BCUT2D eigenvalue weighted by atomic mass is 10.1. The van der Waals surface area contributed by atoms with Crippen LogP contribution in [-0.4, -0.2) is 25.0 Å². The second-order valence-electron chi connectivity index (χ2n) is 5.33. The lowest BCUT2D eigenvalue weighted by Gasteiger charge is -2.07. The van der Waals surface area contributed by atoms with Gasteiger partial charge in [0.15, 0.2) is 0 Å². The van der Waals surface area contributed by atoms with Gasteiger partial charge in [-0.25, -0.2) is 0 Å². The minimum Gasteiger partial charge on any atom is -0.356 e. The maximum absolute atomic E-state index is 11.3. The summed E-state index contributed by atoms with van der Waals surface area (Å²) >= 11 is 0. The van der Waals surface area contributed by atoms with E-state index in [0.29, 0.717) is 12.5 Å². The Kier molecular flexibility index (Phi) is 12.5. The molecule has 0 radical (unpaired) electrons. The molecule has 0 saturated heterocycles. The van der Waals surface area contributed by atoms with Crippen LogP contribution in [0.1, 0.15) is 72.1 Å². The summed E-state index contributed by atoms with van der Waals surface area (Å²) in [6.45, 7) is 8.40. The molecule has 3 nitrogen and oxygen atoms in total. The van der Waals surface area contributed by atoms with Gasteiger partial charge in [-0.05, 0) is 25.8 Å². The molecule has 108 valence electrons. The summed E-state index contributed by atoms with van der Waals surface area (Å²) in [7, 11) is 0. The van der Waals surface area contributed by atoms with Crippen molar-refractivity contribution in [2.24, 2.45) is 0 Å². The highest BCUT2D eigenvalue weighted by molar-refractivity contribution is 5.75. The van der Waals surface area contributed by atoms with Crippen LogP contribution in [0.4, 0.5) is 0 Å². The Bertz CT molecular complexity index is 193. The highest BCUT2D eigenvalue weighted by Gasteiger charge is 1.99. The van der Waals surface area contributed by atoms with Crippen molar-refractivity contribution in [3.05, 3.63) is 0 Å². The molecule has 0 atom stereocenters. The summed E-state index contributed by atoms with van der Waals surface area (Å²) in [4.78, 5) is 11.3. The summed E-state index contributed by atoms with van der Waals surface area (Å²) in [5, 5.41) is 6.34. The highest BCUT2D eigenvalue weighted by Crippen LogP contribution is 2.06. The number of nitrogens with one attached hydrogen (secondary N) is 2. The van der Waals surface area contributed by atoms with Gasteiger partial charge in [0.1, 0.15) is 0 Å². The van der Waals surface area contributed by atoms with Crippen molar-refractivity contribution in [1.82, 2.24) is 10.6 Å². The molecule has 0 heterocycles. The summed E-state index contributed by atoms with van der Waals surface area (Å²) in [6, 6.07) is 0.603. The van der Waals surface area contributed by atoms with Crippen molar-refractivity contribution in [1.29, 1.82) is 0 Å². The molecule has 0 spiro atoms. The van der Waals surface area contributed by atoms with E-state index >= 15 is 0 Å². The molecule has 0 fully saturated rings. The number of hydrogen-bond acceptors (Lipinski definition) is 2. The van der Waals surface area contributed by atoms with Crippen LogP contribution in [0.3, 0.4) is 0 Å². The quantitative estimate of drug-likeness (QED) is 0.526. The van der Waals surface area contributed by atoms with Crippen molar-refractivity contribution in [3.63, 3.8) is 0 Å². The number of carbonyl (C=O) groups is 1. The first-order valence-corrected chi connectivity index (χ1v) is 7.67. The molecule has 0 unspecified atom stereocenters. The zero-order chi connectivity index (χ0) is 13.6. The Morgan fingerprint density at radius 1 is 0.944 bits per heavy atom. The van der Waals surface area contributed by atoms with E-state index in [4.69, 9.17) is 0 Å². The largest absolute Gasteiger partial charge is 0.356 e. The van der Waals surface area contributed by atoms with Crippen LogP contribution < -0.4 is 10.6 Å².